The molecule has 0 unspecified atom stereocenters. The van der Waals surface area contributed by atoms with Crippen LogP contribution in [0.2, 0.25) is 0 Å². The van der Waals surface area contributed by atoms with E-state index in [0.717, 1.165) is 11.3 Å². The summed E-state index contributed by atoms with van der Waals surface area (Å²) in [6.07, 6.45) is 0. The standard InChI is InChI=1S/C18H16N2O4/c1-11-6-7-15(21)14(8-11)18(23)24-10-13-9-17(22)20-12(2)4-3-5-16(20)19-13/h3-9,21H,10H2,1-2H3. The number of benzene rings is 1. The number of phenolic OH excluding ortho intramolecular Hbond substituents is 1. The van der Waals surface area contributed by atoms with Crippen molar-refractivity contribution in [1.82, 2.24) is 9.38 Å². The number of fused-ring (bicyclic) bond motifs is 1. The van der Waals surface area contributed by atoms with Gasteiger partial charge < -0.3 is 9.84 Å². The molecule has 0 atom stereocenters. The Morgan fingerprint density at radius 2 is 2.00 bits per heavy atom. The van der Waals surface area contributed by atoms with Gasteiger partial charge in [0.05, 0.1) is 5.69 Å². The van der Waals surface area contributed by atoms with Crippen LogP contribution in [0.5, 0.6) is 5.75 Å². The average Bonchev–Trinajstić information content (AvgIpc) is 2.54. The number of nitrogens with zero attached hydrogens (tertiary/aromatic N) is 2. The minimum Gasteiger partial charge on any atom is -0.507 e. The Morgan fingerprint density at radius 1 is 1.21 bits per heavy atom. The van der Waals surface area contributed by atoms with Gasteiger partial charge in [0.25, 0.3) is 5.56 Å². The van der Waals surface area contributed by atoms with E-state index in [0.29, 0.717) is 11.3 Å². The van der Waals surface area contributed by atoms with Gasteiger partial charge in [-0.1, -0.05) is 17.7 Å². The lowest BCUT2D eigenvalue weighted by atomic mass is 10.1. The van der Waals surface area contributed by atoms with Crippen LogP contribution in [0.15, 0.2) is 47.3 Å². The van der Waals surface area contributed by atoms with Crippen molar-refractivity contribution in [3.05, 3.63) is 75.3 Å². The first-order valence-corrected chi connectivity index (χ1v) is 7.41. The molecule has 1 N–H and O–H groups in total. The number of aryl methyl sites for hydroxylation is 2. The maximum Gasteiger partial charge on any atom is 0.342 e. The minimum atomic E-state index is -0.664. The number of carbonyl (C=O) groups excluding carboxylic acids is 1. The smallest absolute Gasteiger partial charge is 0.342 e. The van der Waals surface area contributed by atoms with Gasteiger partial charge in [0.1, 0.15) is 23.6 Å². The second-order valence-electron chi connectivity index (χ2n) is 5.54. The molecule has 0 bridgehead atoms. The molecule has 0 fully saturated rings. The van der Waals surface area contributed by atoms with Crippen molar-refractivity contribution >= 4 is 11.6 Å². The lowest BCUT2D eigenvalue weighted by Gasteiger charge is -2.08. The zero-order chi connectivity index (χ0) is 17.3. The number of carbonyl (C=O) groups is 1. The highest BCUT2D eigenvalue weighted by Crippen LogP contribution is 2.19. The summed E-state index contributed by atoms with van der Waals surface area (Å²) in [7, 11) is 0. The Bertz CT molecular complexity index is 992. The van der Waals surface area contributed by atoms with E-state index < -0.39 is 5.97 Å². The van der Waals surface area contributed by atoms with Crippen LogP contribution in [-0.4, -0.2) is 20.5 Å². The van der Waals surface area contributed by atoms with Crippen molar-refractivity contribution in [2.24, 2.45) is 0 Å². The lowest BCUT2D eigenvalue weighted by Crippen LogP contribution is -2.18. The van der Waals surface area contributed by atoms with Crippen molar-refractivity contribution in [2.45, 2.75) is 20.5 Å². The second-order valence-corrected chi connectivity index (χ2v) is 5.54. The molecule has 0 amide bonds. The van der Waals surface area contributed by atoms with E-state index in [1.54, 1.807) is 24.3 Å². The molecule has 0 radical (unpaired) electrons. The highest BCUT2D eigenvalue weighted by Gasteiger charge is 2.14. The number of phenols is 1. The number of hydrogen-bond acceptors (Lipinski definition) is 5. The van der Waals surface area contributed by atoms with Gasteiger partial charge in [-0.15, -0.1) is 0 Å². The number of hydrogen-bond donors (Lipinski definition) is 1. The zero-order valence-electron chi connectivity index (χ0n) is 13.3. The Balaban J connectivity index is 1.84. The van der Waals surface area contributed by atoms with Crippen LogP contribution < -0.4 is 5.56 Å². The van der Waals surface area contributed by atoms with Gasteiger partial charge in [-0.05, 0) is 38.1 Å². The number of rotatable bonds is 3. The molecule has 24 heavy (non-hydrogen) atoms. The Hall–Kier alpha value is -3.15. The van der Waals surface area contributed by atoms with Crippen molar-refractivity contribution < 1.29 is 14.6 Å². The van der Waals surface area contributed by atoms with Crippen LogP contribution in [0.1, 0.15) is 27.3 Å². The molecule has 0 aliphatic rings. The van der Waals surface area contributed by atoms with Gasteiger partial charge in [0.2, 0.25) is 0 Å². The van der Waals surface area contributed by atoms with Gasteiger partial charge in [-0.2, -0.15) is 0 Å². The van der Waals surface area contributed by atoms with Gasteiger partial charge in [-0.25, -0.2) is 9.78 Å². The molecule has 0 saturated heterocycles. The summed E-state index contributed by atoms with van der Waals surface area (Å²) in [5, 5.41) is 9.75. The fraction of sp³-hybridized carbons (Fsp3) is 0.167. The van der Waals surface area contributed by atoms with Gasteiger partial charge in [-0.3, -0.25) is 9.20 Å². The minimum absolute atomic E-state index is 0.0864. The molecule has 0 spiro atoms. The molecule has 2 heterocycles. The van der Waals surface area contributed by atoms with Crippen LogP contribution >= 0.6 is 0 Å². The first kappa shape index (κ1) is 15.7. The lowest BCUT2D eigenvalue weighted by molar-refractivity contribution is 0.0464. The topological polar surface area (TPSA) is 80.9 Å². The molecule has 6 heteroatoms. The quantitative estimate of drug-likeness (QED) is 0.748. The molecule has 2 aromatic heterocycles. The SMILES string of the molecule is Cc1ccc(O)c(C(=O)OCc2cc(=O)n3c(C)cccc3n2)c1. The number of aromatic nitrogens is 2. The molecule has 3 aromatic rings. The van der Waals surface area contributed by atoms with E-state index in [4.69, 9.17) is 4.74 Å². The monoisotopic (exact) mass is 324 g/mol. The van der Waals surface area contributed by atoms with Crippen LogP contribution in [-0.2, 0) is 11.3 Å². The molecular weight excluding hydrogens is 308 g/mol. The molecule has 122 valence electrons. The molecule has 0 aliphatic carbocycles. The maximum absolute atomic E-state index is 12.2. The fourth-order valence-electron chi connectivity index (χ4n) is 2.47. The largest absolute Gasteiger partial charge is 0.507 e. The third-order valence-electron chi connectivity index (χ3n) is 3.66. The van der Waals surface area contributed by atoms with E-state index in [9.17, 15) is 14.7 Å². The molecule has 0 aliphatic heterocycles. The first-order valence-electron chi connectivity index (χ1n) is 7.41. The molecule has 0 saturated carbocycles. The summed E-state index contributed by atoms with van der Waals surface area (Å²) in [6.45, 7) is 3.48. The zero-order valence-corrected chi connectivity index (χ0v) is 13.3. The summed E-state index contributed by atoms with van der Waals surface area (Å²) in [5.41, 5.74) is 2.31. The normalized spacial score (nSPS) is 10.8. The van der Waals surface area contributed by atoms with E-state index >= 15 is 0 Å². The maximum atomic E-state index is 12.2. The molecule has 1 aromatic carbocycles. The van der Waals surface area contributed by atoms with Crippen LogP contribution in [0.25, 0.3) is 5.65 Å². The van der Waals surface area contributed by atoms with Crippen molar-refractivity contribution in [3.8, 4) is 5.75 Å². The van der Waals surface area contributed by atoms with E-state index in [-0.39, 0.29) is 23.5 Å². The summed E-state index contributed by atoms with van der Waals surface area (Å²) in [6, 6.07) is 11.4. The summed E-state index contributed by atoms with van der Waals surface area (Å²) in [4.78, 5) is 28.6. The highest BCUT2D eigenvalue weighted by atomic mass is 16.5. The third-order valence-corrected chi connectivity index (χ3v) is 3.66. The average molecular weight is 324 g/mol. The van der Waals surface area contributed by atoms with E-state index in [1.165, 1.54) is 16.5 Å². The molecule has 6 nitrogen and oxygen atoms in total. The number of pyridine rings is 1. The second kappa shape index (κ2) is 6.16. The van der Waals surface area contributed by atoms with E-state index in [2.05, 4.69) is 4.98 Å². The van der Waals surface area contributed by atoms with Crippen molar-refractivity contribution in [2.75, 3.05) is 0 Å². The van der Waals surface area contributed by atoms with E-state index in [1.807, 2.05) is 19.9 Å². The van der Waals surface area contributed by atoms with Gasteiger partial charge in [0.15, 0.2) is 0 Å². The summed E-state index contributed by atoms with van der Waals surface area (Å²) in [5.74, 6) is -0.810. The predicted molar refractivity (Wildman–Crippen MR) is 88.2 cm³/mol. The number of aromatic hydroxyl groups is 1. The fourth-order valence-corrected chi connectivity index (χ4v) is 2.47. The summed E-state index contributed by atoms with van der Waals surface area (Å²) < 4.78 is 6.66. The van der Waals surface area contributed by atoms with Crippen LogP contribution in [0.4, 0.5) is 0 Å². The van der Waals surface area contributed by atoms with Crippen LogP contribution in [0.3, 0.4) is 0 Å². The van der Waals surface area contributed by atoms with Crippen molar-refractivity contribution in [3.63, 3.8) is 0 Å². The number of ether oxygens (including phenoxy) is 1. The highest BCUT2D eigenvalue weighted by molar-refractivity contribution is 5.92. The Kier molecular flexibility index (Phi) is 4.04. The predicted octanol–water partition coefficient (Wildman–Crippen LogP) is 2.37. The van der Waals surface area contributed by atoms with Crippen molar-refractivity contribution in [1.29, 1.82) is 0 Å². The molecule has 3 rings (SSSR count). The molecular formula is C18H16N2O4. The summed E-state index contributed by atoms with van der Waals surface area (Å²) >= 11 is 0. The first-order chi connectivity index (χ1) is 11.5. The number of esters is 1. The van der Waals surface area contributed by atoms with Gasteiger partial charge in [0, 0.05) is 11.8 Å². The van der Waals surface area contributed by atoms with Gasteiger partial charge >= 0.3 is 5.97 Å². The Labute approximate surface area is 138 Å². The third kappa shape index (κ3) is 2.99. The Morgan fingerprint density at radius 3 is 2.79 bits per heavy atom. The van der Waals surface area contributed by atoms with Crippen LogP contribution in [0, 0.1) is 13.8 Å².